The molecule has 37 heavy (non-hydrogen) atoms. The van der Waals surface area contributed by atoms with Crippen molar-refractivity contribution in [3.05, 3.63) is 75.5 Å². The van der Waals surface area contributed by atoms with Crippen molar-refractivity contribution in [3.8, 4) is 5.75 Å². The fourth-order valence-corrected chi connectivity index (χ4v) is 6.13. The molecule has 0 spiro atoms. The Labute approximate surface area is 227 Å². The first-order valence-electron chi connectivity index (χ1n) is 12.4. The second-order valence-corrected chi connectivity index (χ2v) is 13.5. The van der Waals surface area contributed by atoms with Crippen molar-refractivity contribution in [2.24, 2.45) is 0 Å². The first-order valence-corrected chi connectivity index (χ1v) is 14.3. The fourth-order valence-electron chi connectivity index (χ4n) is 4.26. The molecule has 1 aromatic heterocycles. The third-order valence-electron chi connectivity index (χ3n) is 6.34. The zero-order chi connectivity index (χ0) is 27.0. The number of thioether (sulfide) groups is 1. The largest absolute Gasteiger partial charge is 0.507 e. The fraction of sp³-hybridized carbons (Fsp3) is 0.379. The maximum absolute atomic E-state index is 13.2. The van der Waals surface area contributed by atoms with Crippen molar-refractivity contribution in [2.45, 2.75) is 63.8 Å². The number of benzene rings is 2. The number of phenolic OH excluding ortho intramolecular Hbond substituents is 1. The van der Waals surface area contributed by atoms with Crippen molar-refractivity contribution >= 4 is 46.2 Å². The average Bonchev–Trinajstić information content (AvgIpc) is 3.52. The molecule has 0 bridgehead atoms. The molecule has 1 saturated heterocycles. The second-order valence-electron chi connectivity index (χ2n) is 11.4. The van der Waals surface area contributed by atoms with Gasteiger partial charge in [-0.15, -0.1) is 23.1 Å². The van der Waals surface area contributed by atoms with Gasteiger partial charge in [-0.2, -0.15) is 0 Å². The molecule has 0 aliphatic carbocycles. The molecule has 8 heteroatoms. The lowest BCUT2D eigenvalue weighted by Crippen LogP contribution is -2.38. The van der Waals surface area contributed by atoms with E-state index < -0.39 is 0 Å². The molecule has 2 atom stereocenters. The number of phenols is 1. The smallest absolute Gasteiger partial charge is 0.242 e. The van der Waals surface area contributed by atoms with E-state index in [1.54, 1.807) is 11.8 Å². The van der Waals surface area contributed by atoms with E-state index in [0.717, 1.165) is 27.3 Å². The third kappa shape index (κ3) is 6.37. The molecule has 0 saturated carbocycles. The van der Waals surface area contributed by atoms with Crippen LogP contribution in [0.1, 0.15) is 68.5 Å². The summed E-state index contributed by atoms with van der Waals surface area (Å²) in [7, 11) is 0. The molecule has 196 valence electrons. The van der Waals surface area contributed by atoms with Crippen molar-refractivity contribution < 1.29 is 9.90 Å². The Morgan fingerprint density at radius 2 is 1.59 bits per heavy atom. The van der Waals surface area contributed by atoms with Gasteiger partial charge in [-0.3, -0.25) is 15.5 Å². The third-order valence-corrected chi connectivity index (χ3v) is 8.50. The summed E-state index contributed by atoms with van der Waals surface area (Å²) in [6.45, 7) is 12.4. The molecule has 2 unspecified atom stereocenters. The van der Waals surface area contributed by atoms with Crippen LogP contribution in [0.25, 0.3) is 0 Å². The van der Waals surface area contributed by atoms with Gasteiger partial charge in [-0.05, 0) is 52.1 Å². The molecular weight excluding hydrogens is 500 g/mol. The Morgan fingerprint density at radius 1 is 0.973 bits per heavy atom. The average molecular weight is 537 g/mol. The minimum Gasteiger partial charge on any atom is -0.507 e. The summed E-state index contributed by atoms with van der Waals surface area (Å²) in [5, 5.41) is 30.8. The number of amidine groups is 1. The number of anilines is 2. The van der Waals surface area contributed by atoms with Crippen LogP contribution in [0.2, 0.25) is 0 Å². The standard InChI is InChI=1S/C29H36N4O2S2/c1-28(2,3)20-14-19(15-21(24(20)34)29(4,5)6)32-26(35)22-16-37-27(33-22)17-9-11-18(12-10-17)31-25(30)23-8-7-13-36-23/h7-15,22,27,33-34H,16H2,1-6H3,(H2,30,31)(H,32,35). The highest BCUT2D eigenvalue weighted by molar-refractivity contribution is 7.99. The van der Waals surface area contributed by atoms with E-state index in [2.05, 4.69) is 57.5 Å². The van der Waals surface area contributed by atoms with Gasteiger partial charge >= 0.3 is 0 Å². The van der Waals surface area contributed by atoms with E-state index in [4.69, 9.17) is 5.41 Å². The summed E-state index contributed by atoms with van der Waals surface area (Å²) in [5.41, 5.74) is 3.77. The number of carbonyl (C=O) groups excluding carboxylic acids is 1. The number of carbonyl (C=O) groups is 1. The normalized spacial score (nSPS) is 18.0. The minimum absolute atomic E-state index is 0.0108. The molecule has 2 aromatic carbocycles. The quantitative estimate of drug-likeness (QED) is 0.140. The van der Waals surface area contributed by atoms with Crippen LogP contribution in [0, 0.1) is 5.41 Å². The molecular formula is C29H36N4O2S2. The number of amides is 1. The molecule has 6 nitrogen and oxygen atoms in total. The van der Waals surface area contributed by atoms with Gasteiger partial charge in [0, 0.05) is 28.3 Å². The van der Waals surface area contributed by atoms with Gasteiger partial charge in [-0.1, -0.05) is 59.7 Å². The summed E-state index contributed by atoms with van der Waals surface area (Å²) >= 11 is 3.24. The SMILES string of the molecule is CC(C)(C)c1cc(NC(=O)C2CSC(c3ccc(NC(=N)c4cccs4)cc3)N2)cc(C(C)(C)C)c1O. The van der Waals surface area contributed by atoms with Gasteiger partial charge in [0.25, 0.3) is 0 Å². The molecule has 2 heterocycles. The van der Waals surface area contributed by atoms with E-state index in [-0.39, 0.29) is 28.2 Å². The summed E-state index contributed by atoms with van der Waals surface area (Å²) in [6, 6.07) is 15.3. The summed E-state index contributed by atoms with van der Waals surface area (Å²) in [4.78, 5) is 14.1. The van der Waals surface area contributed by atoms with Crippen LogP contribution in [0.3, 0.4) is 0 Å². The Hall–Kier alpha value is -2.81. The topological polar surface area (TPSA) is 97.2 Å². The Kier molecular flexibility index (Phi) is 7.74. The van der Waals surface area contributed by atoms with Crippen LogP contribution in [-0.2, 0) is 15.6 Å². The molecule has 1 fully saturated rings. The zero-order valence-corrected chi connectivity index (χ0v) is 23.9. The monoisotopic (exact) mass is 536 g/mol. The van der Waals surface area contributed by atoms with Crippen LogP contribution in [-0.4, -0.2) is 28.6 Å². The predicted octanol–water partition coefficient (Wildman–Crippen LogP) is 6.83. The molecule has 3 aromatic rings. The van der Waals surface area contributed by atoms with Crippen LogP contribution in [0.5, 0.6) is 5.75 Å². The summed E-state index contributed by atoms with van der Waals surface area (Å²) < 4.78 is 0. The van der Waals surface area contributed by atoms with Crippen molar-refractivity contribution in [1.82, 2.24) is 5.32 Å². The lowest BCUT2D eigenvalue weighted by atomic mass is 9.79. The van der Waals surface area contributed by atoms with E-state index in [1.165, 1.54) is 11.3 Å². The second kappa shape index (κ2) is 10.5. The maximum atomic E-state index is 13.2. The van der Waals surface area contributed by atoms with E-state index in [9.17, 15) is 9.90 Å². The molecule has 1 aliphatic heterocycles. The van der Waals surface area contributed by atoms with Gasteiger partial charge in [-0.25, -0.2) is 0 Å². The van der Waals surface area contributed by atoms with Crippen LogP contribution < -0.4 is 16.0 Å². The minimum atomic E-state index is -0.329. The van der Waals surface area contributed by atoms with E-state index >= 15 is 0 Å². The first-order chi connectivity index (χ1) is 17.3. The maximum Gasteiger partial charge on any atom is 0.242 e. The van der Waals surface area contributed by atoms with Crippen LogP contribution >= 0.6 is 23.1 Å². The van der Waals surface area contributed by atoms with Gasteiger partial charge in [0.2, 0.25) is 5.91 Å². The van der Waals surface area contributed by atoms with Crippen molar-refractivity contribution in [3.63, 3.8) is 0 Å². The Balaban J connectivity index is 1.42. The first kappa shape index (κ1) is 27.2. The molecule has 1 aliphatic rings. The Morgan fingerprint density at radius 3 is 2.14 bits per heavy atom. The number of thiophene rings is 1. The van der Waals surface area contributed by atoms with E-state index in [0.29, 0.717) is 23.0 Å². The zero-order valence-electron chi connectivity index (χ0n) is 22.2. The Bertz CT molecular complexity index is 1240. The summed E-state index contributed by atoms with van der Waals surface area (Å²) in [5.74, 6) is 1.26. The van der Waals surface area contributed by atoms with Gasteiger partial charge < -0.3 is 15.7 Å². The lowest BCUT2D eigenvalue weighted by molar-refractivity contribution is -0.117. The van der Waals surface area contributed by atoms with E-state index in [1.807, 2.05) is 53.9 Å². The number of rotatable bonds is 5. The van der Waals surface area contributed by atoms with Gasteiger partial charge in [0.1, 0.15) is 11.6 Å². The molecule has 5 N–H and O–H groups in total. The van der Waals surface area contributed by atoms with Gasteiger partial charge in [0.15, 0.2) is 0 Å². The molecule has 0 radical (unpaired) electrons. The number of hydrogen-bond acceptors (Lipinski definition) is 6. The van der Waals surface area contributed by atoms with Crippen LogP contribution in [0.15, 0.2) is 53.9 Å². The van der Waals surface area contributed by atoms with Crippen LogP contribution in [0.4, 0.5) is 11.4 Å². The number of nitrogens with one attached hydrogen (secondary N) is 4. The highest BCUT2D eigenvalue weighted by Crippen LogP contribution is 2.41. The molecule has 4 rings (SSSR count). The highest BCUT2D eigenvalue weighted by Gasteiger charge is 2.32. The highest BCUT2D eigenvalue weighted by atomic mass is 32.2. The predicted molar refractivity (Wildman–Crippen MR) is 157 cm³/mol. The lowest BCUT2D eigenvalue weighted by Gasteiger charge is -2.28. The number of hydrogen-bond donors (Lipinski definition) is 5. The van der Waals surface area contributed by atoms with Crippen molar-refractivity contribution in [2.75, 3.05) is 16.4 Å². The van der Waals surface area contributed by atoms with Gasteiger partial charge in [0.05, 0.1) is 16.3 Å². The molecule has 1 amide bonds. The summed E-state index contributed by atoms with van der Waals surface area (Å²) in [6.07, 6.45) is 0. The van der Waals surface area contributed by atoms with Crippen molar-refractivity contribution in [1.29, 1.82) is 5.41 Å². The number of aromatic hydroxyl groups is 1.